The summed E-state index contributed by atoms with van der Waals surface area (Å²) in [6, 6.07) is 13.2. The molecule has 1 heterocycles. The summed E-state index contributed by atoms with van der Waals surface area (Å²) >= 11 is 3.32. The second kappa shape index (κ2) is 9.41. The minimum atomic E-state index is -0.546. The molecule has 0 aliphatic carbocycles. The number of nitrogens with one attached hydrogen (secondary N) is 1. The lowest BCUT2D eigenvalue weighted by Gasteiger charge is -2.24. The number of hydrogen-bond donors (Lipinski definition) is 2. The lowest BCUT2D eigenvalue weighted by atomic mass is 9.99. The number of unbranched alkanes of at least 4 members (excludes halogenated alkanes) is 2. The monoisotopic (exact) mass is 377 g/mol. The molecular formula is C20H27NO2S2. The molecule has 136 valence electrons. The van der Waals surface area contributed by atoms with Crippen molar-refractivity contribution in [3.63, 3.8) is 0 Å². The number of hydrogen-bond acceptors (Lipinski definition) is 4. The van der Waals surface area contributed by atoms with Crippen LogP contribution in [-0.4, -0.2) is 22.1 Å². The normalized spacial score (nSPS) is 13.4. The van der Waals surface area contributed by atoms with E-state index in [1.54, 1.807) is 5.48 Å². The smallest absolute Gasteiger partial charge is 0.259 e. The van der Waals surface area contributed by atoms with Crippen molar-refractivity contribution < 1.29 is 10.0 Å². The summed E-state index contributed by atoms with van der Waals surface area (Å²) in [6.07, 6.45) is 6.93. The highest BCUT2D eigenvalue weighted by molar-refractivity contribution is 8.00. The average Bonchev–Trinajstić information content (AvgIpc) is 3.07. The standard InChI is InChI=1S/C20H27NO2S2/c1-15-8-13-18(25-15)17-11-9-16(10-12-17)7-5-4-6-14-20(2,24-3)19(22)21-23/h8-13,23H,4-7,14H2,1-3H3,(H,21,22). The Morgan fingerprint density at radius 1 is 1.16 bits per heavy atom. The molecule has 2 rings (SSSR count). The quantitative estimate of drug-likeness (QED) is 0.347. The summed E-state index contributed by atoms with van der Waals surface area (Å²) in [5, 5.41) is 8.85. The van der Waals surface area contributed by atoms with E-state index in [0.717, 1.165) is 32.1 Å². The van der Waals surface area contributed by atoms with Gasteiger partial charge in [-0.05, 0) is 62.6 Å². The zero-order chi connectivity index (χ0) is 18.3. The summed E-state index contributed by atoms with van der Waals surface area (Å²) in [5.41, 5.74) is 4.43. The highest BCUT2D eigenvalue weighted by Crippen LogP contribution is 2.30. The summed E-state index contributed by atoms with van der Waals surface area (Å²) < 4.78 is -0.546. The Kier molecular flexibility index (Phi) is 7.54. The molecule has 0 aliphatic rings. The van der Waals surface area contributed by atoms with E-state index >= 15 is 0 Å². The minimum absolute atomic E-state index is 0.306. The van der Waals surface area contributed by atoms with Crippen molar-refractivity contribution in [1.29, 1.82) is 0 Å². The van der Waals surface area contributed by atoms with E-state index in [1.807, 2.05) is 24.5 Å². The first-order valence-corrected chi connectivity index (χ1v) is 10.7. The Labute approximate surface area is 158 Å². The van der Waals surface area contributed by atoms with E-state index < -0.39 is 4.75 Å². The Bertz CT molecular complexity index is 681. The Balaban J connectivity index is 1.76. The summed E-state index contributed by atoms with van der Waals surface area (Å²) in [5.74, 6) is -0.306. The van der Waals surface area contributed by atoms with Gasteiger partial charge in [0.2, 0.25) is 0 Å². The minimum Gasteiger partial charge on any atom is -0.289 e. The molecule has 0 fully saturated rings. The van der Waals surface area contributed by atoms with E-state index in [4.69, 9.17) is 5.21 Å². The number of thiophene rings is 1. The average molecular weight is 378 g/mol. The molecule has 25 heavy (non-hydrogen) atoms. The third-order valence-corrected chi connectivity index (χ3v) is 6.97. The lowest BCUT2D eigenvalue weighted by Crippen LogP contribution is -2.40. The highest BCUT2D eigenvalue weighted by Gasteiger charge is 2.31. The molecule has 2 aromatic rings. The van der Waals surface area contributed by atoms with E-state index in [-0.39, 0.29) is 5.91 Å². The number of aryl methyl sites for hydroxylation is 2. The van der Waals surface area contributed by atoms with Gasteiger partial charge in [0.15, 0.2) is 0 Å². The van der Waals surface area contributed by atoms with Gasteiger partial charge >= 0.3 is 0 Å². The predicted molar refractivity (Wildman–Crippen MR) is 109 cm³/mol. The van der Waals surface area contributed by atoms with Gasteiger partial charge in [-0.15, -0.1) is 23.1 Å². The van der Waals surface area contributed by atoms with E-state index in [9.17, 15) is 4.79 Å². The zero-order valence-electron chi connectivity index (χ0n) is 15.2. The van der Waals surface area contributed by atoms with Gasteiger partial charge in [0.25, 0.3) is 5.91 Å². The van der Waals surface area contributed by atoms with Crippen molar-refractivity contribution in [2.24, 2.45) is 0 Å². The van der Waals surface area contributed by atoms with Crippen LogP contribution in [0.25, 0.3) is 10.4 Å². The molecule has 1 amide bonds. The first-order valence-electron chi connectivity index (χ1n) is 8.64. The lowest BCUT2D eigenvalue weighted by molar-refractivity contribution is -0.131. The third kappa shape index (κ3) is 5.59. The molecule has 0 spiro atoms. The van der Waals surface area contributed by atoms with Crippen LogP contribution in [0.3, 0.4) is 0 Å². The number of carbonyl (C=O) groups excluding carboxylic acids is 1. The number of benzene rings is 1. The van der Waals surface area contributed by atoms with Crippen molar-refractivity contribution in [3.05, 3.63) is 46.8 Å². The molecule has 0 aliphatic heterocycles. The molecule has 0 saturated carbocycles. The second-order valence-electron chi connectivity index (χ2n) is 6.54. The van der Waals surface area contributed by atoms with Crippen LogP contribution in [0.4, 0.5) is 0 Å². The van der Waals surface area contributed by atoms with Crippen LogP contribution in [0.2, 0.25) is 0 Å². The topological polar surface area (TPSA) is 49.3 Å². The number of rotatable bonds is 9. The Morgan fingerprint density at radius 2 is 1.88 bits per heavy atom. The fourth-order valence-electron chi connectivity index (χ4n) is 2.82. The molecule has 0 saturated heterocycles. The van der Waals surface area contributed by atoms with Gasteiger partial charge in [-0.25, -0.2) is 5.48 Å². The predicted octanol–water partition coefficient (Wildman–Crippen LogP) is 5.45. The van der Waals surface area contributed by atoms with Gasteiger partial charge in [0.05, 0.1) is 4.75 Å². The van der Waals surface area contributed by atoms with E-state index in [0.29, 0.717) is 0 Å². The number of carbonyl (C=O) groups is 1. The zero-order valence-corrected chi connectivity index (χ0v) is 16.8. The first-order chi connectivity index (χ1) is 12.0. The maximum Gasteiger partial charge on any atom is 0.259 e. The van der Waals surface area contributed by atoms with Crippen LogP contribution in [-0.2, 0) is 11.2 Å². The fourth-order valence-corrected chi connectivity index (χ4v) is 4.27. The van der Waals surface area contributed by atoms with Gasteiger partial charge < -0.3 is 0 Å². The summed E-state index contributed by atoms with van der Waals surface area (Å²) in [6.45, 7) is 4.02. The highest BCUT2D eigenvalue weighted by atomic mass is 32.2. The molecule has 1 atom stereocenters. The van der Waals surface area contributed by atoms with E-state index in [2.05, 4.69) is 43.3 Å². The molecule has 1 aromatic heterocycles. The van der Waals surface area contributed by atoms with Gasteiger partial charge in [-0.2, -0.15) is 0 Å². The van der Waals surface area contributed by atoms with Crippen LogP contribution in [0.5, 0.6) is 0 Å². The van der Waals surface area contributed by atoms with Crippen LogP contribution in [0.15, 0.2) is 36.4 Å². The van der Waals surface area contributed by atoms with Gasteiger partial charge in [0.1, 0.15) is 0 Å². The van der Waals surface area contributed by atoms with Crippen LogP contribution in [0.1, 0.15) is 43.0 Å². The van der Waals surface area contributed by atoms with Crippen molar-refractivity contribution in [3.8, 4) is 10.4 Å². The van der Waals surface area contributed by atoms with Gasteiger partial charge in [-0.1, -0.05) is 37.1 Å². The number of thioether (sulfide) groups is 1. The maximum atomic E-state index is 11.7. The Morgan fingerprint density at radius 3 is 2.44 bits per heavy atom. The van der Waals surface area contributed by atoms with E-state index in [1.165, 1.54) is 32.6 Å². The number of amides is 1. The molecule has 3 nitrogen and oxygen atoms in total. The van der Waals surface area contributed by atoms with Gasteiger partial charge in [-0.3, -0.25) is 10.0 Å². The summed E-state index contributed by atoms with van der Waals surface area (Å²) in [7, 11) is 0. The fraction of sp³-hybridized carbons (Fsp3) is 0.450. The van der Waals surface area contributed by atoms with Crippen LogP contribution >= 0.6 is 23.1 Å². The molecule has 2 N–H and O–H groups in total. The first kappa shape index (κ1) is 20.0. The largest absolute Gasteiger partial charge is 0.289 e. The van der Waals surface area contributed by atoms with Gasteiger partial charge in [0, 0.05) is 9.75 Å². The number of hydroxylamine groups is 1. The molecule has 5 heteroatoms. The maximum absolute atomic E-state index is 11.7. The molecule has 0 bridgehead atoms. The van der Waals surface area contributed by atoms with Crippen LogP contribution in [0, 0.1) is 6.92 Å². The Hall–Kier alpha value is -1.30. The molecule has 1 aromatic carbocycles. The van der Waals surface area contributed by atoms with Crippen molar-refractivity contribution in [1.82, 2.24) is 5.48 Å². The van der Waals surface area contributed by atoms with Crippen LogP contribution < -0.4 is 5.48 Å². The van der Waals surface area contributed by atoms with Crippen molar-refractivity contribution in [2.45, 2.75) is 50.7 Å². The second-order valence-corrected chi connectivity index (χ2v) is 9.14. The molecule has 1 unspecified atom stereocenters. The molecular weight excluding hydrogens is 350 g/mol. The molecule has 0 radical (unpaired) electrons. The summed E-state index contributed by atoms with van der Waals surface area (Å²) in [4.78, 5) is 14.4. The SMILES string of the molecule is CSC(C)(CCCCCc1ccc(-c2ccc(C)s2)cc1)C(=O)NO. The van der Waals surface area contributed by atoms with Crippen molar-refractivity contribution in [2.75, 3.05) is 6.26 Å². The van der Waals surface area contributed by atoms with Crippen molar-refractivity contribution >= 4 is 29.0 Å². The third-order valence-electron chi connectivity index (χ3n) is 4.63.